The second kappa shape index (κ2) is 10.4. The normalized spacial score (nSPS) is 18.7. The molecule has 1 rings (SSSR count). The monoisotopic (exact) mass is 492 g/mol. The van der Waals surface area contributed by atoms with Crippen LogP contribution in [0.25, 0.3) is 0 Å². The molecule has 0 bridgehead atoms. The van der Waals surface area contributed by atoms with E-state index in [0.29, 0.717) is 6.42 Å². The van der Waals surface area contributed by atoms with Crippen molar-refractivity contribution in [3.05, 3.63) is 0 Å². The van der Waals surface area contributed by atoms with Crippen molar-refractivity contribution in [3.8, 4) is 0 Å². The van der Waals surface area contributed by atoms with Gasteiger partial charge in [0.1, 0.15) is 0 Å². The highest BCUT2D eigenvalue weighted by molar-refractivity contribution is 5.79. The minimum atomic E-state index is -0.340. The van der Waals surface area contributed by atoms with Crippen molar-refractivity contribution in [2.24, 2.45) is 44.1 Å². The van der Waals surface area contributed by atoms with E-state index in [4.69, 9.17) is 5.73 Å². The van der Waals surface area contributed by atoms with Gasteiger partial charge in [-0.05, 0) is 51.8 Å². The number of rotatable bonds is 13. The number of hydrogen-bond acceptors (Lipinski definition) is 2. The highest BCUT2D eigenvalue weighted by Gasteiger charge is 2.54. The van der Waals surface area contributed by atoms with Gasteiger partial charge in [-0.2, -0.15) is 0 Å². The van der Waals surface area contributed by atoms with E-state index in [1.165, 1.54) is 0 Å². The van der Waals surface area contributed by atoms with Gasteiger partial charge in [0.25, 0.3) is 0 Å². The summed E-state index contributed by atoms with van der Waals surface area (Å²) in [6.07, 6.45) is 5.29. The Hall–Kier alpha value is -1.06. The molecular formula is C31H60N2O2. The van der Waals surface area contributed by atoms with Gasteiger partial charge in [-0.1, -0.05) is 110 Å². The molecule has 0 saturated carbocycles. The maximum absolute atomic E-state index is 13.0. The van der Waals surface area contributed by atoms with Gasteiger partial charge in [-0.25, -0.2) is 0 Å². The number of nitrogens with zero attached hydrogens (tertiary/aromatic N) is 1. The van der Waals surface area contributed by atoms with Crippen molar-refractivity contribution in [3.63, 3.8) is 0 Å². The Morgan fingerprint density at radius 1 is 0.771 bits per heavy atom. The molecule has 2 atom stereocenters. The highest BCUT2D eigenvalue weighted by Crippen LogP contribution is 2.57. The molecule has 0 spiro atoms. The largest absolute Gasteiger partial charge is 0.369 e. The fraction of sp³-hybridized carbons (Fsp3) is 0.935. The summed E-state index contributed by atoms with van der Waals surface area (Å²) >= 11 is 0. The van der Waals surface area contributed by atoms with E-state index in [2.05, 4.69) is 102 Å². The van der Waals surface area contributed by atoms with Crippen molar-refractivity contribution in [2.45, 2.75) is 141 Å². The first-order chi connectivity index (χ1) is 15.5. The average Bonchev–Trinajstić information content (AvgIpc) is 3.14. The molecule has 1 saturated heterocycles. The maximum atomic E-state index is 13.0. The fourth-order valence-electron chi connectivity index (χ4n) is 5.85. The molecule has 35 heavy (non-hydrogen) atoms. The van der Waals surface area contributed by atoms with Crippen LogP contribution in [0, 0.1) is 38.4 Å². The number of amides is 2. The third-order valence-corrected chi connectivity index (χ3v) is 12.0. The van der Waals surface area contributed by atoms with Crippen LogP contribution in [0.5, 0.6) is 0 Å². The molecule has 1 fully saturated rings. The van der Waals surface area contributed by atoms with E-state index in [9.17, 15) is 9.59 Å². The molecular weight excluding hydrogens is 432 g/mol. The van der Waals surface area contributed by atoms with E-state index < -0.39 is 0 Å². The van der Waals surface area contributed by atoms with Gasteiger partial charge >= 0.3 is 0 Å². The van der Waals surface area contributed by atoms with Crippen LogP contribution in [-0.4, -0.2) is 29.3 Å². The van der Waals surface area contributed by atoms with Crippen molar-refractivity contribution in [1.29, 1.82) is 0 Å². The first kappa shape index (κ1) is 32.0. The quantitative estimate of drug-likeness (QED) is 0.284. The third kappa shape index (κ3) is 6.09. The van der Waals surface area contributed by atoms with Crippen LogP contribution in [0.15, 0.2) is 0 Å². The summed E-state index contributed by atoms with van der Waals surface area (Å²) in [6, 6.07) is 0.107. The van der Waals surface area contributed by atoms with Crippen LogP contribution in [0.1, 0.15) is 135 Å². The van der Waals surface area contributed by atoms with Crippen molar-refractivity contribution >= 4 is 11.8 Å². The zero-order valence-electron chi connectivity index (χ0n) is 25.9. The molecule has 0 aromatic heterocycles. The molecule has 0 aromatic rings. The Morgan fingerprint density at radius 2 is 1.26 bits per heavy atom. The summed E-state index contributed by atoms with van der Waals surface area (Å²) < 4.78 is 0. The lowest BCUT2D eigenvalue weighted by Crippen LogP contribution is -2.56. The molecule has 4 nitrogen and oxygen atoms in total. The van der Waals surface area contributed by atoms with Crippen molar-refractivity contribution < 1.29 is 9.59 Å². The van der Waals surface area contributed by atoms with Crippen LogP contribution in [0.2, 0.25) is 0 Å². The molecule has 0 radical (unpaired) electrons. The smallest absolute Gasteiger partial charge is 0.222 e. The van der Waals surface area contributed by atoms with E-state index in [0.717, 1.165) is 38.6 Å². The summed E-state index contributed by atoms with van der Waals surface area (Å²) in [4.78, 5) is 28.2. The number of carbonyl (C=O) groups is 2. The second-order valence-electron chi connectivity index (χ2n) is 15.3. The number of nitrogens with two attached hydrogens (primary N) is 1. The molecule has 0 aliphatic carbocycles. The van der Waals surface area contributed by atoms with Crippen LogP contribution in [-0.2, 0) is 9.59 Å². The van der Waals surface area contributed by atoms with Gasteiger partial charge in [-0.3, -0.25) is 9.59 Å². The predicted octanol–water partition coefficient (Wildman–Crippen LogP) is 7.84. The Labute approximate surface area is 218 Å². The second-order valence-corrected chi connectivity index (χ2v) is 15.3. The molecule has 1 heterocycles. The first-order valence-corrected chi connectivity index (χ1v) is 14.1. The van der Waals surface area contributed by atoms with Gasteiger partial charge in [0, 0.05) is 24.9 Å². The van der Waals surface area contributed by atoms with E-state index in [1.54, 1.807) is 0 Å². The SMILES string of the molecule is CCC(C)(C)C(C)(C)CC(C(N)=O)C(C)(C)C(C)(C)CC(N1CCCC1=O)C(C)(C)C(C)(C)CC. The highest BCUT2D eigenvalue weighted by atomic mass is 16.2. The Kier molecular flexibility index (Phi) is 9.47. The van der Waals surface area contributed by atoms with Crippen molar-refractivity contribution in [2.75, 3.05) is 6.54 Å². The summed E-state index contributed by atoms with van der Waals surface area (Å²) in [7, 11) is 0. The lowest BCUT2D eigenvalue weighted by molar-refractivity contribution is -0.141. The molecule has 206 valence electrons. The van der Waals surface area contributed by atoms with Crippen LogP contribution < -0.4 is 5.73 Å². The lowest BCUT2D eigenvalue weighted by Gasteiger charge is -2.56. The number of primary amides is 1. The van der Waals surface area contributed by atoms with Crippen LogP contribution in [0.4, 0.5) is 0 Å². The standard InChI is InChI=1S/C31H60N2O2/c1-15-26(3,4)28(7,8)20-22(25(32)35)30(11,12)29(9,10)21-23(33-19-17-18-24(33)34)31(13,14)27(5,6)16-2/h22-23H,15-21H2,1-14H3,(H2,32,35). The van der Waals surface area contributed by atoms with E-state index in [-0.39, 0.29) is 56.3 Å². The number of likely N-dealkylation sites (tertiary alicyclic amines) is 1. The summed E-state index contributed by atoms with van der Waals surface area (Å²) in [5.41, 5.74) is 5.65. The third-order valence-electron chi connectivity index (χ3n) is 12.0. The molecule has 1 aliphatic heterocycles. The summed E-state index contributed by atoms with van der Waals surface area (Å²) in [5, 5.41) is 0. The van der Waals surface area contributed by atoms with Gasteiger partial charge in [0.05, 0.1) is 0 Å². The van der Waals surface area contributed by atoms with Gasteiger partial charge < -0.3 is 10.6 Å². The van der Waals surface area contributed by atoms with Gasteiger partial charge in [0.2, 0.25) is 11.8 Å². The lowest BCUT2D eigenvalue weighted by atomic mass is 9.51. The molecule has 1 aliphatic rings. The molecule has 2 amide bonds. The fourth-order valence-corrected chi connectivity index (χ4v) is 5.85. The van der Waals surface area contributed by atoms with Gasteiger partial charge in [-0.15, -0.1) is 0 Å². The number of carbonyl (C=O) groups excluding carboxylic acids is 2. The molecule has 0 aromatic carbocycles. The van der Waals surface area contributed by atoms with Crippen molar-refractivity contribution in [1.82, 2.24) is 4.90 Å². The summed E-state index contributed by atoms with van der Waals surface area (Å²) in [5.74, 6) is -0.179. The summed E-state index contributed by atoms with van der Waals surface area (Å²) in [6.45, 7) is 32.9. The minimum absolute atomic E-state index is 0.0391. The van der Waals surface area contributed by atoms with E-state index >= 15 is 0 Å². The minimum Gasteiger partial charge on any atom is -0.369 e. The Morgan fingerprint density at radius 3 is 1.63 bits per heavy atom. The van der Waals surface area contributed by atoms with Crippen LogP contribution in [0.3, 0.4) is 0 Å². The Bertz CT molecular complexity index is 758. The molecule has 2 unspecified atom stereocenters. The zero-order valence-corrected chi connectivity index (χ0v) is 25.9. The first-order valence-electron chi connectivity index (χ1n) is 14.1. The topological polar surface area (TPSA) is 63.4 Å². The number of hydrogen-bond donors (Lipinski definition) is 1. The average molecular weight is 493 g/mol. The predicted molar refractivity (Wildman–Crippen MR) is 150 cm³/mol. The van der Waals surface area contributed by atoms with Gasteiger partial charge in [0.15, 0.2) is 0 Å². The molecule has 4 heteroatoms. The van der Waals surface area contributed by atoms with Crippen LogP contribution >= 0.6 is 0 Å². The molecule has 2 N–H and O–H groups in total. The zero-order chi connectivity index (χ0) is 27.8. The van der Waals surface area contributed by atoms with E-state index in [1.807, 2.05) is 0 Å². The maximum Gasteiger partial charge on any atom is 0.222 e. The Balaban J connectivity index is 3.51.